The Balaban J connectivity index is 1.90. The van der Waals surface area contributed by atoms with Gasteiger partial charge in [-0.1, -0.05) is 0 Å². The highest BCUT2D eigenvalue weighted by molar-refractivity contribution is 4.91. The summed E-state index contributed by atoms with van der Waals surface area (Å²) < 4.78 is 0. The summed E-state index contributed by atoms with van der Waals surface area (Å²) in [6, 6.07) is 2.55. The molecule has 1 fully saturated rings. The normalized spacial score (nSPS) is 22.6. The van der Waals surface area contributed by atoms with Gasteiger partial charge in [-0.05, 0) is 45.2 Å². The van der Waals surface area contributed by atoms with Gasteiger partial charge in [0.2, 0.25) is 0 Å². The predicted molar refractivity (Wildman–Crippen MR) is 65.2 cm³/mol. The van der Waals surface area contributed by atoms with Crippen molar-refractivity contribution in [2.24, 2.45) is 5.92 Å². The van der Waals surface area contributed by atoms with E-state index in [1.54, 1.807) is 0 Å². The van der Waals surface area contributed by atoms with Crippen molar-refractivity contribution < 1.29 is 0 Å². The van der Waals surface area contributed by atoms with E-state index in [0.29, 0.717) is 6.04 Å². The zero-order valence-electron chi connectivity index (χ0n) is 10.3. The molecule has 0 spiro atoms. The molecule has 0 amide bonds. The van der Waals surface area contributed by atoms with Crippen LogP contribution in [0.3, 0.4) is 0 Å². The molecule has 0 aliphatic carbocycles. The minimum absolute atomic E-state index is 0.666. The van der Waals surface area contributed by atoms with Crippen molar-refractivity contribution >= 4 is 0 Å². The number of piperidine rings is 1. The number of likely N-dealkylation sites (tertiary alicyclic amines) is 1. The van der Waals surface area contributed by atoms with Crippen LogP contribution in [0.15, 0.2) is 18.5 Å². The SMILES string of the molecule is CC(C)N1CCCC(Cc2ncccn2)C1. The Morgan fingerprint density at radius 2 is 2.12 bits per heavy atom. The third kappa shape index (κ3) is 3.01. The van der Waals surface area contributed by atoms with Gasteiger partial charge in [-0.25, -0.2) is 9.97 Å². The molecule has 1 aliphatic heterocycles. The molecule has 1 aromatic rings. The minimum Gasteiger partial charge on any atom is -0.301 e. The van der Waals surface area contributed by atoms with Gasteiger partial charge in [-0.15, -0.1) is 0 Å². The number of hydrogen-bond donors (Lipinski definition) is 0. The van der Waals surface area contributed by atoms with E-state index in [1.165, 1.54) is 25.9 Å². The molecule has 0 N–H and O–H groups in total. The van der Waals surface area contributed by atoms with Gasteiger partial charge in [0.25, 0.3) is 0 Å². The molecule has 3 heteroatoms. The molecule has 1 aliphatic rings. The van der Waals surface area contributed by atoms with Gasteiger partial charge in [0.15, 0.2) is 0 Å². The first-order valence-electron chi connectivity index (χ1n) is 6.25. The molecule has 16 heavy (non-hydrogen) atoms. The van der Waals surface area contributed by atoms with Crippen molar-refractivity contribution in [3.8, 4) is 0 Å². The van der Waals surface area contributed by atoms with E-state index in [4.69, 9.17) is 0 Å². The first-order valence-corrected chi connectivity index (χ1v) is 6.25. The summed E-state index contributed by atoms with van der Waals surface area (Å²) in [6.45, 7) is 7.02. The molecule has 3 nitrogen and oxygen atoms in total. The molecule has 0 radical (unpaired) electrons. The average molecular weight is 219 g/mol. The number of nitrogens with zero attached hydrogens (tertiary/aromatic N) is 3. The fourth-order valence-electron chi connectivity index (χ4n) is 2.43. The lowest BCUT2D eigenvalue weighted by Gasteiger charge is -2.35. The summed E-state index contributed by atoms with van der Waals surface area (Å²) >= 11 is 0. The Bertz CT molecular complexity index is 310. The molecule has 0 saturated carbocycles. The van der Waals surface area contributed by atoms with E-state index < -0.39 is 0 Å². The Morgan fingerprint density at radius 3 is 2.81 bits per heavy atom. The monoisotopic (exact) mass is 219 g/mol. The average Bonchev–Trinajstić information content (AvgIpc) is 2.30. The van der Waals surface area contributed by atoms with E-state index in [2.05, 4.69) is 28.7 Å². The van der Waals surface area contributed by atoms with Crippen LogP contribution < -0.4 is 0 Å². The molecule has 0 bridgehead atoms. The van der Waals surface area contributed by atoms with Gasteiger partial charge in [0, 0.05) is 31.4 Å². The first-order chi connectivity index (χ1) is 7.75. The third-order valence-electron chi connectivity index (χ3n) is 3.37. The Hall–Kier alpha value is -0.960. The van der Waals surface area contributed by atoms with Crippen LogP contribution in [0.5, 0.6) is 0 Å². The highest BCUT2D eigenvalue weighted by Gasteiger charge is 2.22. The summed E-state index contributed by atoms with van der Waals surface area (Å²) in [7, 11) is 0. The summed E-state index contributed by atoms with van der Waals surface area (Å²) in [5.41, 5.74) is 0. The maximum absolute atomic E-state index is 4.31. The Labute approximate surface area is 97.9 Å². The molecule has 1 aromatic heterocycles. The highest BCUT2D eigenvalue weighted by atomic mass is 15.2. The van der Waals surface area contributed by atoms with E-state index in [1.807, 2.05) is 18.5 Å². The summed E-state index contributed by atoms with van der Waals surface area (Å²) in [4.78, 5) is 11.2. The van der Waals surface area contributed by atoms with Gasteiger partial charge in [0.05, 0.1) is 0 Å². The van der Waals surface area contributed by atoms with E-state index in [9.17, 15) is 0 Å². The number of hydrogen-bond acceptors (Lipinski definition) is 3. The van der Waals surface area contributed by atoms with Crippen molar-refractivity contribution in [1.29, 1.82) is 0 Å². The van der Waals surface area contributed by atoms with Crippen LogP contribution in [0.1, 0.15) is 32.5 Å². The fraction of sp³-hybridized carbons (Fsp3) is 0.692. The van der Waals surface area contributed by atoms with E-state index >= 15 is 0 Å². The van der Waals surface area contributed by atoms with Crippen LogP contribution in [0.4, 0.5) is 0 Å². The van der Waals surface area contributed by atoms with Crippen molar-refractivity contribution in [1.82, 2.24) is 14.9 Å². The van der Waals surface area contributed by atoms with Gasteiger partial charge in [-0.3, -0.25) is 0 Å². The molecule has 1 unspecified atom stereocenters. The molecule has 0 aromatic carbocycles. The maximum atomic E-state index is 4.31. The molecule has 1 saturated heterocycles. The fourth-order valence-corrected chi connectivity index (χ4v) is 2.43. The zero-order chi connectivity index (χ0) is 11.4. The van der Waals surface area contributed by atoms with Crippen LogP contribution >= 0.6 is 0 Å². The first kappa shape index (κ1) is 11.5. The Morgan fingerprint density at radius 1 is 1.38 bits per heavy atom. The number of aromatic nitrogens is 2. The molecular weight excluding hydrogens is 198 g/mol. The maximum Gasteiger partial charge on any atom is 0.128 e. The van der Waals surface area contributed by atoms with Crippen LogP contribution in [-0.4, -0.2) is 34.0 Å². The topological polar surface area (TPSA) is 29.0 Å². The van der Waals surface area contributed by atoms with Crippen LogP contribution in [0.2, 0.25) is 0 Å². The molecular formula is C13H21N3. The molecule has 88 valence electrons. The van der Waals surface area contributed by atoms with E-state index in [-0.39, 0.29) is 0 Å². The predicted octanol–water partition coefficient (Wildman–Crippen LogP) is 2.14. The Kier molecular flexibility index (Phi) is 3.88. The quantitative estimate of drug-likeness (QED) is 0.780. The van der Waals surface area contributed by atoms with Crippen LogP contribution in [0, 0.1) is 5.92 Å². The van der Waals surface area contributed by atoms with Gasteiger partial charge >= 0.3 is 0 Å². The molecule has 2 rings (SSSR count). The van der Waals surface area contributed by atoms with Crippen LogP contribution in [0.25, 0.3) is 0 Å². The second-order valence-corrected chi connectivity index (χ2v) is 4.97. The highest BCUT2D eigenvalue weighted by Crippen LogP contribution is 2.20. The van der Waals surface area contributed by atoms with Crippen LogP contribution in [-0.2, 0) is 6.42 Å². The van der Waals surface area contributed by atoms with Gasteiger partial charge < -0.3 is 4.90 Å². The van der Waals surface area contributed by atoms with Crippen molar-refractivity contribution in [3.63, 3.8) is 0 Å². The smallest absolute Gasteiger partial charge is 0.128 e. The largest absolute Gasteiger partial charge is 0.301 e. The van der Waals surface area contributed by atoms with Crippen molar-refractivity contribution in [2.45, 2.75) is 39.2 Å². The molecule has 2 heterocycles. The number of rotatable bonds is 3. The third-order valence-corrected chi connectivity index (χ3v) is 3.37. The lowest BCUT2D eigenvalue weighted by Crippen LogP contribution is -2.40. The summed E-state index contributed by atoms with van der Waals surface area (Å²) in [5, 5.41) is 0. The van der Waals surface area contributed by atoms with Crippen molar-refractivity contribution in [2.75, 3.05) is 13.1 Å². The lowest BCUT2D eigenvalue weighted by molar-refractivity contribution is 0.138. The minimum atomic E-state index is 0.666. The second-order valence-electron chi connectivity index (χ2n) is 4.97. The van der Waals surface area contributed by atoms with Gasteiger partial charge in [0.1, 0.15) is 5.82 Å². The lowest BCUT2D eigenvalue weighted by atomic mass is 9.93. The van der Waals surface area contributed by atoms with Crippen molar-refractivity contribution in [3.05, 3.63) is 24.3 Å². The second kappa shape index (κ2) is 5.39. The zero-order valence-corrected chi connectivity index (χ0v) is 10.3. The molecule has 1 atom stereocenters. The summed E-state index contributed by atoms with van der Waals surface area (Å²) in [6.07, 6.45) is 7.35. The van der Waals surface area contributed by atoms with E-state index in [0.717, 1.165) is 18.2 Å². The summed E-state index contributed by atoms with van der Waals surface area (Å²) in [5.74, 6) is 1.73. The van der Waals surface area contributed by atoms with Gasteiger partial charge in [-0.2, -0.15) is 0 Å². The standard InChI is InChI=1S/C13H21N3/c1-11(2)16-8-3-5-12(10-16)9-13-14-6-4-7-15-13/h4,6-7,11-12H,3,5,8-10H2,1-2H3.